The summed E-state index contributed by atoms with van der Waals surface area (Å²) >= 11 is 0. The molecule has 0 aliphatic heterocycles. The molecule has 0 bridgehead atoms. The molecule has 2 nitrogen and oxygen atoms in total. The molecule has 0 saturated heterocycles. The van der Waals surface area contributed by atoms with Gasteiger partial charge in [-0.1, -0.05) is 50.2 Å². The van der Waals surface area contributed by atoms with Gasteiger partial charge in [-0.3, -0.25) is 0 Å². The normalized spacial score (nSPS) is 11.1. The van der Waals surface area contributed by atoms with Gasteiger partial charge >= 0.3 is 7.12 Å². The zero-order valence-electron chi connectivity index (χ0n) is 9.51. The van der Waals surface area contributed by atoms with Crippen molar-refractivity contribution in [3.05, 3.63) is 42.0 Å². The van der Waals surface area contributed by atoms with Crippen LogP contribution in [-0.4, -0.2) is 17.2 Å². The van der Waals surface area contributed by atoms with Crippen molar-refractivity contribution in [1.29, 1.82) is 0 Å². The maximum Gasteiger partial charge on any atom is 0.489 e. The van der Waals surface area contributed by atoms with Gasteiger partial charge in [-0.15, -0.1) is 0 Å². The van der Waals surface area contributed by atoms with Crippen LogP contribution in [0.1, 0.15) is 25.3 Å². The molecule has 3 heteroatoms. The van der Waals surface area contributed by atoms with E-state index in [0.717, 1.165) is 16.3 Å². The quantitative estimate of drug-likeness (QED) is 0.746. The Bertz CT molecular complexity index is 506. The second kappa shape index (κ2) is 4.28. The summed E-state index contributed by atoms with van der Waals surface area (Å²) in [7, 11) is -1.41. The van der Waals surface area contributed by atoms with Gasteiger partial charge in [0, 0.05) is 0 Å². The van der Waals surface area contributed by atoms with Crippen LogP contribution in [0.2, 0.25) is 0 Å². The van der Waals surface area contributed by atoms with Gasteiger partial charge in [0.15, 0.2) is 0 Å². The molecule has 2 N–H and O–H groups in total. The molecular formula is C13H15BO2. The van der Waals surface area contributed by atoms with Crippen LogP contribution in [0, 0.1) is 0 Å². The maximum atomic E-state index is 9.51. The van der Waals surface area contributed by atoms with E-state index in [1.54, 1.807) is 0 Å². The molecule has 0 spiro atoms. The Morgan fingerprint density at radius 2 is 1.69 bits per heavy atom. The Balaban J connectivity index is 2.79. The van der Waals surface area contributed by atoms with Crippen molar-refractivity contribution in [1.82, 2.24) is 0 Å². The summed E-state index contributed by atoms with van der Waals surface area (Å²) in [6, 6.07) is 11.8. The third kappa shape index (κ3) is 1.84. The van der Waals surface area contributed by atoms with Gasteiger partial charge in [0.25, 0.3) is 0 Å². The zero-order chi connectivity index (χ0) is 11.7. The lowest BCUT2D eigenvalue weighted by Gasteiger charge is -2.15. The summed E-state index contributed by atoms with van der Waals surface area (Å²) in [5, 5.41) is 21.0. The topological polar surface area (TPSA) is 40.5 Å². The first-order valence-electron chi connectivity index (χ1n) is 5.49. The Hall–Kier alpha value is -1.32. The summed E-state index contributed by atoms with van der Waals surface area (Å²) in [6.07, 6.45) is 0. The van der Waals surface area contributed by atoms with Crippen molar-refractivity contribution in [2.45, 2.75) is 19.8 Å². The first-order valence-corrected chi connectivity index (χ1v) is 5.49. The number of benzene rings is 2. The van der Waals surface area contributed by atoms with Crippen LogP contribution >= 0.6 is 0 Å². The molecule has 0 aromatic heterocycles. The molecule has 0 saturated carbocycles. The second-order valence-electron chi connectivity index (χ2n) is 4.32. The highest BCUT2D eigenvalue weighted by atomic mass is 16.4. The SMILES string of the molecule is CC(C)c1ccc2ccccc2c1B(O)O. The highest BCUT2D eigenvalue weighted by Crippen LogP contribution is 2.19. The largest absolute Gasteiger partial charge is 0.489 e. The average molecular weight is 214 g/mol. The number of rotatable bonds is 2. The molecule has 2 aromatic carbocycles. The highest BCUT2D eigenvalue weighted by Gasteiger charge is 2.20. The average Bonchev–Trinajstić information content (AvgIpc) is 2.27. The molecule has 16 heavy (non-hydrogen) atoms. The highest BCUT2D eigenvalue weighted by molar-refractivity contribution is 6.62. The summed E-state index contributed by atoms with van der Waals surface area (Å²) in [5.41, 5.74) is 1.63. The number of hydrogen-bond acceptors (Lipinski definition) is 2. The molecule has 0 aliphatic carbocycles. The lowest BCUT2D eigenvalue weighted by atomic mass is 9.72. The van der Waals surface area contributed by atoms with Gasteiger partial charge < -0.3 is 10.0 Å². The van der Waals surface area contributed by atoms with Crippen LogP contribution in [0.3, 0.4) is 0 Å². The van der Waals surface area contributed by atoms with E-state index >= 15 is 0 Å². The zero-order valence-corrected chi connectivity index (χ0v) is 9.51. The Kier molecular flexibility index (Phi) is 2.99. The molecule has 0 unspecified atom stereocenters. The minimum absolute atomic E-state index is 0.279. The van der Waals surface area contributed by atoms with Crippen LogP contribution < -0.4 is 5.46 Å². The van der Waals surface area contributed by atoms with Crippen LogP contribution in [0.25, 0.3) is 10.8 Å². The lowest BCUT2D eigenvalue weighted by Crippen LogP contribution is -2.34. The summed E-state index contributed by atoms with van der Waals surface area (Å²) in [5.74, 6) is 0.279. The first kappa shape index (κ1) is 11.2. The van der Waals surface area contributed by atoms with Gasteiger partial charge in [0.1, 0.15) is 0 Å². The lowest BCUT2D eigenvalue weighted by molar-refractivity contribution is 0.425. The fourth-order valence-corrected chi connectivity index (χ4v) is 2.10. The van der Waals surface area contributed by atoms with Crippen molar-refractivity contribution < 1.29 is 10.0 Å². The summed E-state index contributed by atoms with van der Waals surface area (Å²) < 4.78 is 0. The number of fused-ring (bicyclic) bond motifs is 1. The fourth-order valence-electron chi connectivity index (χ4n) is 2.10. The van der Waals surface area contributed by atoms with Crippen molar-refractivity contribution in [3.63, 3.8) is 0 Å². The fraction of sp³-hybridized carbons (Fsp3) is 0.231. The van der Waals surface area contributed by atoms with E-state index in [2.05, 4.69) is 13.8 Å². The third-order valence-electron chi connectivity index (χ3n) is 2.88. The molecule has 0 amide bonds. The maximum absolute atomic E-state index is 9.51. The van der Waals surface area contributed by atoms with Gasteiger partial charge in [-0.05, 0) is 27.7 Å². The van der Waals surface area contributed by atoms with E-state index in [1.165, 1.54) is 0 Å². The van der Waals surface area contributed by atoms with Crippen molar-refractivity contribution >= 4 is 23.4 Å². The summed E-state index contributed by atoms with van der Waals surface area (Å²) in [4.78, 5) is 0. The van der Waals surface area contributed by atoms with E-state index in [1.807, 2.05) is 36.4 Å². The first-order chi connectivity index (χ1) is 7.61. The van der Waals surface area contributed by atoms with Gasteiger partial charge in [-0.25, -0.2) is 0 Å². The second-order valence-corrected chi connectivity index (χ2v) is 4.32. The van der Waals surface area contributed by atoms with Gasteiger partial charge in [0.05, 0.1) is 0 Å². The van der Waals surface area contributed by atoms with Gasteiger partial charge in [0.2, 0.25) is 0 Å². The Morgan fingerprint density at radius 3 is 2.31 bits per heavy atom. The van der Waals surface area contributed by atoms with Crippen molar-refractivity contribution in [2.75, 3.05) is 0 Å². The molecular weight excluding hydrogens is 199 g/mol. The third-order valence-corrected chi connectivity index (χ3v) is 2.88. The minimum Gasteiger partial charge on any atom is -0.423 e. The molecule has 2 rings (SSSR count). The molecule has 0 aliphatic rings. The van der Waals surface area contributed by atoms with E-state index < -0.39 is 7.12 Å². The van der Waals surface area contributed by atoms with Crippen LogP contribution in [-0.2, 0) is 0 Å². The minimum atomic E-state index is -1.41. The smallest absolute Gasteiger partial charge is 0.423 e. The van der Waals surface area contributed by atoms with Crippen molar-refractivity contribution in [2.24, 2.45) is 0 Å². The molecule has 0 radical (unpaired) electrons. The number of hydrogen-bond donors (Lipinski definition) is 2. The van der Waals surface area contributed by atoms with Crippen LogP contribution in [0.15, 0.2) is 36.4 Å². The van der Waals surface area contributed by atoms with Crippen LogP contribution in [0.4, 0.5) is 0 Å². The Labute approximate surface area is 95.7 Å². The molecule has 0 atom stereocenters. The monoisotopic (exact) mass is 214 g/mol. The predicted octanol–water partition coefficient (Wildman–Crippen LogP) is 1.64. The van der Waals surface area contributed by atoms with Gasteiger partial charge in [-0.2, -0.15) is 0 Å². The predicted molar refractivity (Wildman–Crippen MR) is 67.9 cm³/mol. The van der Waals surface area contributed by atoms with E-state index in [0.29, 0.717) is 5.46 Å². The molecule has 0 fully saturated rings. The van der Waals surface area contributed by atoms with E-state index in [9.17, 15) is 10.0 Å². The molecule has 2 aromatic rings. The van der Waals surface area contributed by atoms with E-state index in [-0.39, 0.29) is 5.92 Å². The van der Waals surface area contributed by atoms with Crippen LogP contribution in [0.5, 0.6) is 0 Å². The van der Waals surface area contributed by atoms with E-state index in [4.69, 9.17) is 0 Å². The molecule has 0 heterocycles. The summed E-state index contributed by atoms with van der Waals surface area (Å²) in [6.45, 7) is 4.10. The van der Waals surface area contributed by atoms with Crippen molar-refractivity contribution in [3.8, 4) is 0 Å². The Morgan fingerprint density at radius 1 is 1.00 bits per heavy atom. The standard InChI is InChI=1S/C13H15BO2/c1-9(2)11-8-7-10-5-3-4-6-12(10)13(11)14(15)16/h3-9,15-16H,1-2H3. The molecule has 82 valence electrons.